The van der Waals surface area contributed by atoms with Gasteiger partial charge < -0.3 is 9.47 Å². The zero-order valence-electron chi connectivity index (χ0n) is 14.4. The highest BCUT2D eigenvalue weighted by molar-refractivity contribution is 7.89. The van der Waals surface area contributed by atoms with Gasteiger partial charge in [-0.25, -0.2) is 22.8 Å². The summed E-state index contributed by atoms with van der Waals surface area (Å²) in [7, 11) is -3.65. The molecule has 9 heteroatoms. The van der Waals surface area contributed by atoms with E-state index in [1.165, 1.54) is 18.5 Å². The van der Waals surface area contributed by atoms with Crippen LogP contribution in [0.5, 0.6) is 11.5 Å². The first-order valence-corrected chi connectivity index (χ1v) is 9.88. The van der Waals surface area contributed by atoms with Crippen molar-refractivity contribution >= 4 is 10.0 Å². The second-order valence-corrected chi connectivity index (χ2v) is 7.81. The molecule has 0 amide bonds. The van der Waals surface area contributed by atoms with Gasteiger partial charge in [0.25, 0.3) is 0 Å². The van der Waals surface area contributed by atoms with E-state index < -0.39 is 10.0 Å². The standard InChI is InChI=1S/C18H18N4O4S/c23-27(24,16-5-6-17-18(9-16)26-8-7-25-17)21-10-14-1-3-15(4-2-14)11-22-13-19-12-20-22/h1-6,9,12-13,21H,7-8,10-11H2. The maximum atomic E-state index is 12.5. The van der Waals surface area contributed by atoms with E-state index in [9.17, 15) is 8.42 Å². The fourth-order valence-corrected chi connectivity index (χ4v) is 3.75. The molecule has 0 bridgehead atoms. The minimum atomic E-state index is -3.65. The van der Waals surface area contributed by atoms with Crippen LogP contribution in [0.2, 0.25) is 0 Å². The molecule has 1 aliphatic heterocycles. The smallest absolute Gasteiger partial charge is 0.241 e. The number of rotatable bonds is 6. The fourth-order valence-electron chi connectivity index (χ4n) is 2.72. The number of sulfonamides is 1. The van der Waals surface area contributed by atoms with Gasteiger partial charge in [-0.3, -0.25) is 0 Å². The van der Waals surface area contributed by atoms with Crippen LogP contribution in [0.25, 0.3) is 0 Å². The zero-order valence-corrected chi connectivity index (χ0v) is 15.2. The maximum absolute atomic E-state index is 12.5. The summed E-state index contributed by atoms with van der Waals surface area (Å²) in [5.41, 5.74) is 1.91. The van der Waals surface area contributed by atoms with Crippen LogP contribution in [0.4, 0.5) is 0 Å². The van der Waals surface area contributed by atoms with Crippen molar-refractivity contribution in [2.75, 3.05) is 13.2 Å². The van der Waals surface area contributed by atoms with Crippen molar-refractivity contribution in [3.63, 3.8) is 0 Å². The SMILES string of the molecule is O=S(=O)(NCc1ccc(Cn2cncn2)cc1)c1ccc2c(c1)OCCO2. The van der Waals surface area contributed by atoms with Gasteiger partial charge in [-0.05, 0) is 23.3 Å². The lowest BCUT2D eigenvalue weighted by Crippen LogP contribution is -2.24. The van der Waals surface area contributed by atoms with E-state index >= 15 is 0 Å². The highest BCUT2D eigenvalue weighted by Crippen LogP contribution is 2.32. The summed E-state index contributed by atoms with van der Waals surface area (Å²) in [6, 6.07) is 12.3. The highest BCUT2D eigenvalue weighted by atomic mass is 32.2. The third-order valence-corrected chi connectivity index (χ3v) is 5.52. The second kappa shape index (κ2) is 7.37. The number of nitrogens with one attached hydrogen (secondary N) is 1. The molecule has 3 aromatic rings. The average molecular weight is 386 g/mol. The normalized spacial score (nSPS) is 13.5. The van der Waals surface area contributed by atoms with Crippen molar-refractivity contribution in [3.05, 3.63) is 66.2 Å². The third kappa shape index (κ3) is 4.09. The zero-order chi connectivity index (χ0) is 18.7. The summed E-state index contributed by atoms with van der Waals surface area (Å²) < 4.78 is 40.3. The molecule has 1 aromatic heterocycles. The molecule has 1 N–H and O–H groups in total. The van der Waals surface area contributed by atoms with E-state index in [4.69, 9.17) is 9.47 Å². The minimum Gasteiger partial charge on any atom is -0.486 e. The van der Waals surface area contributed by atoms with Gasteiger partial charge in [0, 0.05) is 12.6 Å². The van der Waals surface area contributed by atoms with E-state index in [2.05, 4.69) is 14.8 Å². The highest BCUT2D eigenvalue weighted by Gasteiger charge is 2.19. The number of fused-ring (bicyclic) bond motifs is 1. The Hall–Kier alpha value is -2.91. The van der Waals surface area contributed by atoms with Crippen molar-refractivity contribution in [1.29, 1.82) is 0 Å². The van der Waals surface area contributed by atoms with Gasteiger partial charge in [-0.1, -0.05) is 24.3 Å². The summed E-state index contributed by atoms with van der Waals surface area (Å²) in [4.78, 5) is 4.05. The molecule has 0 spiro atoms. The van der Waals surface area contributed by atoms with E-state index in [1.807, 2.05) is 24.3 Å². The van der Waals surface area contributed by atoms with E-state index in [0.29, 0.717) is 31.3 Å². The topological polar surface area (TPSA) is 95.3 Å². The molecule has 2 heterocycles. The van der Waals surface area contributed by atoms with Gasteiger partial charge in [0.1, 0.15) is 25.9 Å². The Morgan fingerprint density at radius 3 is 2.48 bits per heavy atom. The van der Waals surface area contributed by atoms with E-state index in [0.717, 1.165) is 11.1 Å². The van der Waals surface area contributed by atoms with E-state index in [-0.39, 0.29) is 11.4 Å². The Bertz CT molecular complexity index is 1020. The molecule has 27 heavy (non-hydrogen) atoms. The van der Waals surface area contributed by atoms with Crippen LogP contribution in [0, 0.1) is 0 Å². The van der Waals surface area contributed by atoms with Gasteiger partial charge in [0.05, 0.1) is 11.4 Å². The lowest BCUT2D eigenvalue weighted by molar-refractivity contribution is 0.171. The Morgan fingerprint density at radius 2 is 1.74 bits per heavy atom. The molecule has 8 nitrogen and oxygen atoms in total. The van der Waals surface area contributed by atoms with Crippen LogP contribution in [0.1, 0.15) is 11.1 Å². The van der Waals surface area contributed by atoms with Crippen LogP contribution < -0.4 is 14.2 Å². The molecule has 0 aliphatic carbocycles. The molecule has 0 saturated carbocycles. The predicted octanol–water partition coefficient (Wildman–Crippen LogP) is 1.58. The summed E-state index contributed by atoms with van der Waals surface area (Å²) >= 11 is 0. The minimum absolute atomic E-state index is 0.148. The van der Waals surface area contributed by atoms with Crippen LogP contribution in [-0.2, 0) is 23.1 Å². The molecule has 0 radical (unpaired) electrons. The number of ether oxygens (including phenoxy) is 2. The van der Waals surface area contributed by atoms with Gasteiger partial charge in [-0.2, -0.15) is 5.10 Å². The number of hydrogen-bond donors (Lipinski definition) is 1. The van der Waals surface area contributed by atoms with Crippen molar-refractivity contribution in [1.82, 2.24) is 19.5 Å². The van der Waals surface area contributed by atoms with E-state index in [1.54, 1.807) is 17.1 Å². The Labute approximate surface area is 156 Å². The number of benzene rings is 2. The molecular formula is C18H18N4O4S. The van der Waals surface area contributed by atoms with Crippen molar-refractivity contribution in [2.24, 2.45) is 0 Å². The molecule has 4 rings (SSSR count). The number of hydrogen-bond acceptors (Lipinski definition) is 6. The Morgan fingerprint density at radius 1 is 1.00 bits per heavy atom. The van der Waals surface area contributed by atoms with Gasteiger partial charge in [0.2, 0.25) is 10.0 Å². The first kappa shape index (κ1) is 17.5. The lowest BCUT2D eigenvalue weighted by Gasteiger charge is -2.19. The number of nitrogens with zero attached hydrogens (tertiary/aromatic N) is 3. The third-order valence-electron chi connectivity index (χ3n) is 4.12. The first-order chi connectivity index (χ1) is 13.1. The summed E-state index contributed by atoms with van der Waals surface area (Å²) in [5, 5.41) is 4.06. The molecule has 0 saturated heterocycles. The number of aromatic nitrogens is 3. The van der Waals surface area contributed by atoms with Crippen molar-refractivity contribution in [3.8, 4) is 11.5 Å². The van der Waals surface area contributed by atoms with Gasteiger partial charge in [0.15, 0.2) is 11.5 Å². The van der Waals surface area contributed by atoms with Crippen molar-refractivity contribution in [2.45, 2.75) is 18.0 Å². The molecule has 0 fully saturated rings. The predicted molar refractivity (Wildman–Crippen MR) is 97.0 cm³/mol. The summed E-state index contributed by atoms with van der Waals surface area (Å²) in [6.07, 6.45) is 3.14. The monoisotopic (exact) mass is 386 g/mol. The molecule has 140 valence electrons. The molecule has 2 aromatic carbocycles. The Balaban J connectivity index is 1.41. The van der Waals surface area contributed by atoms with Crippen LogP contribution in [-0.4, -0.2) is 36.4 Å². The second-order valence-electron chi connectivity index (χ2n) is 6.04. The first-order valence-electron chi connectivity index (χ1n) is 8.40. The summed E-state index contributed by atoms with van der Waals surface area (Å²) in [5.74, 6) is 1.00. The largest absolute Gasteiger partial charge is 0.486 e. The fraction of sp³-hybridized carbons (Fsp3) is 0.222. The molecule has 0 atom stereocenters. The molecular weight excluding hydrogens is 368 g/mol. The Kier molecular flexibility index (Phi) is 4.78. The molecule has 0 unspecified atom stereocenters. The van der Waals surface area contributed by atoms with Gasteiger partial charge in [-0.15, -0.1) is 0 Å². The quantitative estimate of drug-likeness (QED) is 0.691. The van der Waals surface area contributed by atoms with Gasteiger partial charge >= 0.3 is 0 Å². The summed E-state index contributed by atoms with van der Waals surface area (Å²) in [6.45, 7) is 1.68. The molecule has 1 aliphatic rings. The van der Waals surface area contributed by atoms with Crippen molar-refractivity contribution < 1.29 is 17.9 Å². The van der Waals surface area contributed by atoms with Crippen LogP contribution in [0.15, 0.2) is 60.0 Å². The van der Waals surface area contributed by atoms with Crippen LogP contribution >= 0.6 is 0 Å². The average Bonchev–Trinajstić information content (AvgIpc) is 3.20. The maximum Gasteiger partial charge on any atom is 0.241 e. The lowest BCUT2D eigenvalue weighted by atomic mass is 10.1. The van der Waals surface area contributed by atoms with Crippen LogP contribution in [0.3, 0.4) is 0 Å².